The summed E-state index contributed by atoms with van der Waals surface area (Å²) in [7, 11) is -3.94. The molecular formula is C28H26BrN5O4S. The van der Waals surface area contributed by atoms with E-state index >= 15 is 0 Å². The Hall–Kier alpha value is -4.35. The standard InChI is InChI=1S/C28H26BrN5O4S/c29-22-11-13-23(14-12-22)38-26-4-2-1-3-25(26)34-39(36,37)24-15-9-21(10-16-24)27(35)32-17-19-5-7-20(8-6-19)18-33-28(30)31/h1-16,34H,17-18H2,(H,32,35)(H4,30,31,33). The van der Waals surface area contributed by atoms with Crippen LogP contribution in [0, 0.1) is 0 Å². The summed E-state index contributed by atoms with van der Waals surface area (Å²) in [6.45, 7) is 0.682. The van der Waals surface area contributed by atoms with E-state index in [1.807, 2.05) is 36.4 Å². The van der Waals surface area contributed by atoms with E-state index in [2.05, 4.69) is 31.0 Å². The minimum absolute atomic E-state index is 0.00820. The molecule has 0 fully saturated rings. The van der Waals surface area contributed by atoms with Gasteiger partial charge in [0.05, 0.1) is 17.1 Å². The molecule has 4 rings (SSSR count). The molecule has 0 aliphatic heterocycles. The Kier molecular flexibility index (Phi) is 8.84. The maximum Gasteiger partial charge on any atom is 0.262 e. The highest BCUT2D eigenvalue weighted by molar-refractivity contribution is 9.10. The Labute approximate surface area is 235 Å². The Morgan fingerprint density at radius 3 is 2.15 bits per heavy atom. The lowest BCUT2D eigenvalue weighted by molar-refractivity contribution is 0.0951. The van der Waals surface area contributed by atoms with Gasteiger partial charge in [-0.1, -0.05) is 52.3 Å². The Morgan fingerprint density at radius 2 is 1.49 bits per heavy atom. The lowest BCUT2D eigenvalue weighted by atomic mass is 10.1. The van der Waals surface area contributed by atoms with Crippen LogP contribution in [0.5, 0.6) is 11.5 Å². The average molecular weight is 609 g/mol. The summed E-state index contributed by atoms with van der Waals surface area (Å²) in [6, 6.07) is 27.1. The van der Waals surface area contributed by atoms with Crippen molar-refractivity contribution in [1.82, 2.24) is 5.32 Å². The fraction of sp³-hybridized carbons (Fsp3) is 0.0714. The summed E-state index contributed by atoms with van der Waals surface area (Å²) in [4.78, 5) is 16.6. The zero-order valence-corrected chi connectivity index (χ0v) is 23.1. The van der Waals surface area contributed by atoms with Crippen LogP contribution >= 0.6 is 15.9 Å². The largest absolute Gasteiger partial charge is 0.455 e. The number of guanidine groups is 1. The summed E-state index contributed by atoms with van der Waals surface area (Å²) in [5.74, 6) is 0.604. The molecule has 0 aliphatic rings. The molecule has 4 aromatic carbocycles. The minimum Gasteiger partial charge on any atom is -0.455 e. The quantitative estimate of drug-likeness (QED) is 0.151. The zero-order valence-electron chi connectivity index (χ0n) is 20.7. The van der Waals surface area contributed by atoms with E-state index in [0.717, 1.165) is 15.6 Å². The van der Waals surface area contributed by atoms with Gasteiger partial charge in [0.1, 0.15) is 5.75 Å². The lowest BCUT2D eigenvalue weighted by Gasteiger charge is -2.14. The van der Waals surface area contributed by atoms with Crippen LogP contribution in [0.4, 0.5) is 5.69 Å². The first-order valence-electron chi connectivity index (χ1n) is 11.8. The average Bonchev–Trinajstić information content (AvgIpc) is 2.93. The second kappa shape index (κ2) is 12.5. The van der Waals surface area contributed by atoms with E-state index in [4.69, 9.17) is 16.2 Å². The molecule has 0 aromatic heterocycles. The number of nitrogens with one attached hydrogen (secondary N) is 2. The van der Waals surface area contributed by atoms with Crippen LogP contribution in [0.2, 0.25) is 0 Å². The minimum atomic E-state index is -3.94. The molecule has 39 heavy (non-hydrogen) atoms. The predicted molar refractivity (Wildman–Crippen MR) is 155 cm³/mol. The smallest absolute Gasteiger partial charge is 0.262 e. The molecule has 0 bridgehead atoms. The van der Waals surface area contributed by atoms with Gasteiger partial charge in [0, 0.05) is 16.6 Å². The van der Waals surface area contributed by atoms with Crippen LogP contribution in [-0.2, 0) is 23.1 Å². The van der Waals surface area contributed by atoms with Crippen LogP contribution in [0.25, 0.3) is 0 Å². The Bertz CT molecular complexity index is 1570. The number of nitrogens with two attached hydrogens (primary N) is 2. The van der Waals surface area contributed by atoms with Crippen molar-refractivity contribution in [3.05, 3.63) is 118 Å². The van der Waals surface area contributed by atoms with Gasteiger partial charge in [-0.3, -0.25) is 9.52 Å². The van der Waals surface area contributed by atoms with Gasteiger partial charge in [0.25, 0.3) is 15.9 Å². The maximum absolute atomic E-state index is 13.1. The molecule has 0 unspecified atom stereocenters. The van der Waals surface area contributed by atoms with E-state index < -0.39 is 10.0 Å². The number of halogens is 1. The number of ether oxygens (including phenoxy) is 1. The highest BCUT2D eigenvalue weighted by atomic mass is 79.9. The fourth-order valence-corrected chi connectivity index (χ4v) is 4.82. The first-order valence-corrected chi connectivity index (χ1v) is 14.0. The molecule has 6 N–H and O–H groups in total. The monoisotopic (exact) mass is 607 g/mol. The molecule has 0 aliphatic carbocycles. The Balaban J connectivity index is 1.38. The number of aliphatic imine (C=N–C) groups is 1. The molecule has 1 amide bonds. The SMILES string of the molecule is NC(N)=NCc1ccc(CNC(=O)c2ccc(S(=O)(=O)Nc3ccccc3Oc3ccc(Br)cc3)cc2)cc1. The third-order valence-electron chi connectivity index (χ3n) is 5.52. The molecule has 9 nitrogen and oxygen atoms in total. The summed E-state index contributed by atoms with van der Waals surface area (Å²) in [6.07, 6.45) is 0. The number of carbonyl (C=O) groups excluding carboxylic acids is 1. The molecule has 11 heteroatoms. The van der Waals surface area contributed by atoms with Crippen molar-refractivity contribution in [3.8, 4) is 11.5 Å². The van der Waals surface area contributed by atoms with E-state index in [1.165, 1.54) is 24.3 Å². The van der Waals surface area contributed by atoms with E-state index in [0.29, 0.717) is 30.2 Å². The summed E-state index contributed by atoms with van der Waals surface area (Å²) < 4.78 is 35.5. The number of nitrogens with zero attached hydrogens (tertiary/aromatic N) is 1. The topological polar surface area (TPSA) is 149 Å². The highest BCUT2D eigenvalue weighted by Gasteiger charge is 2.18. The molecule has 0 radical (unpaired) electrons. The number of rotatable bonds is 10. The summed E-state index contributed by atoms with van der Waals surface area (Å²) in [5.41, 5.74) is 13.1. The van der Waals surface area contributed by atoms with Crippen molar-refractivity contribution < 1.29 is 17.9 Å². The Morgan fingerprint density at radius 1 is 0.846 bits per heavy atom. The number of sulfonamides is 1. The molecule has 4 aromatic rings. The first kappa shape index (κ1) is 27.7. The number of hydrogen-bond acceptors (Lipinski definition) is 5. The summed E-state index contributed by atoms with van der Waals surface area (Å²) >= 11 is 3.37. The van der Waals surface area contributed by atoms with Crippen LogP contribution in [0.15, 0.2) is 111 Å². The van der Waals surface area contributed by atoms with Crippen LogP contribution in [-0.4, -0.2) is 20.3 Å². The number of anilines is 1. The molecule has 0 saturated heterocycles. The molecule has 0 atom stereocenters. The van der Waals surface area contributed by atoms with Gasteiger partial charge in [-0.25, -0.2) is 13.4 Å². The van der Waals surface area contributed by atoms with Crippen molar-refractivity contribution in [2.75, 3.05) is 4.72 Å². The summed E-state index contributed by atoms with van der Waals surface area (Å²) in [5, 5.41) is 2.83. The van der Waals surface area contributed by atoms with Crippen molar-refractivity contribution in [1.29, 1.82) is 0 Å². The molecular weight excluding hydrogens is 582 g/mol. The zero-order chi connectivity index (χ0) is 27.8. The molecule has 0 spiro atoms. The second-order valence-corrected chi connectivity index (χ2v) is 11.0. The van der Waals surface area contributed by atoms with Gasteiger partial charge >= 0.3 is 0 Å². The van der Waals surface area contributed by atoms with Crippen molar-refractivity contribution in [3.63, 3.8) is 0 Å². The van der Waals surface area contributed by atoms with Gasteiger partial charge in [-0.15, -0.1) is 0 Å². The number of para-hydroxylation sites is 2. The fourth-order valence-electron chi connectivity index (χ4n) is 3.49. The number of amides is 1. The normalized spacial score (nSPS) is 10.9. The van der Waals surface area contributed by atoms with Crippen LogP contribution in [0.1, 0.15) is 21.5 Å². The number of benzene rings is 4. The molecule has 0 saturated carbocycles. The van der Waals surface area contributed by atoms with Gasteiger partial charge in [-0.2, -0.15) is 0 Å². The third-order valence-corrected chi connectivity index (χ3v) is 7.43. The second-order valence-electron chi connectivity index (χ2n) is 8.42. The van der Waals surface area contributed by atoms with Crippen molar-refractivity contribution in [2.45, 2.75) is 18.0 Å². The van der Waals surface area contributed by atoms with Crippen LogP contribution < -0.4 is 26.2 Å². The van der Waals surface area contributed by atoms with E-state index in [1.54, 1.807) is 36.4 Å². The van der Waals surface area contributed by atoms with Gasteiger partial charge in [0.2, 0.25) is 0 Å². The maximum atomic E-state index is 13.1. The molecule has 200 valence electrons. The predicted octanol–water partition coefficient (Wildman–Crippen LogP) is 4.75. The lowest BCUT2D eigenvalue weighted by Crippen LogP contribution is -2.23. The highest BCUT2D eigenvalue weighted by Crippen LogP contribution is 2.31. The van der Waals surface area contributed by atoms with Crippen LogP contribution in [0.3, 0.4) is 0 Å². The third kappa shape index (κ3) is 7.82. The van der Waals surface area contributed by atoms with Gasteiger partial charge in [0.15, 0.2) is 11.7 Å². The van der Waals surface area contributed by atoms with Gasteiger partial charge in [-0.05, 0) is 71.8 Å². The van der Waals surface area contributed by atoms with E-state index in [-0.39, 0.29) is 22.4 Å². The number of hydrogen-bond donors (Lipinski definition) is 4. The van der Waals surface area contributed by atoms with Crippen molar-refractivity contribution >= 4 is 43.5 Å². The number of carbonyl (C=O) groups is 1. The van der Waals surface area contributed by atoms with Crippen molar-refractivity contribution in [2.24, 2.45) is 16.5 Å². The first-order chi connectivity index (χ1) is 18.7. The molecule has 0 heterocycles. The van der Waals surface area contributed by atoms with E-state index in [9.17, 15) is 13.2 Å². The van der Waals surface area contributed by atoms with Gasteiger partial charge < -0.3 is 21.5 Å².